The second-order valence-corrected chi connectivity index (χ2v) is 6.66. The van der Waals surface area contributed by atoms with Gasteiger partial charge in [-0.15, -0.1) is 0 Å². The Bertz CT molecular complexity index is 869. The molecule has 2 unspecified atom stereocenters. The van der Waals surface area contributed by atoms with E-state index in [-0.39, 0.29) is 30.5 Å². The molecule has 2 heterocycles. The van der Waals surface area contributed by atoms with Gasteiger partial charge in [0.15, 0.2) is 11.7 Å². The molecule has 0 amide bonds. The molecule has 134 valence electrons. The maximum atomic E-state index is 14.6. The number of ether oxygens (including phenoxy) is 2. The summed E-state index contributed by atoms with van der Waals surface area (Å²) in [6, 6.07) is 13.4. The molecule has 2 aliphatic heterocycles. The molecule has 2 aromatic carbocycles. The Balaban J connectivity index is 1.69. The zero-order chi connectivity index (χ0) is 18.1. The Morgan fingerprint density at radius 1 is 1.23 bits per heavy atom. The van der Waals surface area contributed by atoms with Crippen LogP contribution in [0.1, 0.15) is 22.3 Å². The molecule has 0 aliphatic carbocycles. The van der Waals surface area contributed by atoms with Crippen LogP contribution >= 0.6 is 0 Å². The number of nitrogen functional groups attached to an aromatic ring is 1. The van der Waals surface area contributed by atoms with E-state index in [2.05, 4.69) is 4.99 Å². The van der Waals surface area contributed by atoms with Crippen LogP contribution in [0, 0.1) is 11.7 Å². The highest BCUT2D eigenvalue weighted by molar-refractivity contribution is 6.07. The first-order chi connectivity index (χ1) is 12.6. The van der Waals surface area contributed by atoms with Gasteiger partial charge in [-0.2, -0.15) is 0 Å². The van der Waals surface area contributed by atoms with E-state index in [0.717, 1.165) is 0 Å². The molecule has 2 aromatic rings. The third-order valence-corrected chi connectivity index (χ3v) is 4.96. The number of halogens is 1. The summed E-state index contributed by atoms with van der Waals surface area (Å²) in [6.45, 7) is 0.997. The molecule has 2 N–H and O–H groups in total. The lowest BCUT2D eigenvalue weighted by molar-refractivity contribution is 0.0978. The number of nitrogens with two attached hydrogens (primary N) is 1. The summed E-state index contributed by atoms with van der Waals surface area (Å²) in [5.41, 5.74) is 6.41. The molecule has 6 heteroatoms. The first-order valence-electron chi connectivity index (χ1n) is 8.51. The predicted octanol–water partition coefficient (Wildman–Crippen LogP) is 2.95. The highest BCUT2D eigenvalue weighted by Crippen LogP contribution is 2.43. The van der Waals surface area contributed by atoms with Gasteiger partial charge < -0.3 is 15.2 Å². The van der Waals surface area contributed by atoms with Crippen molar-refractivity contribution in [1.82, 2.24) is 0 Å². The number of nitrogens with zero attached hydrogens (tertiary/aromatic N) is 1. The van der Waals surface area contributed by atoms with Gasteiger partial charge in [0.25, 0.3) is 0 Å². The first-order valence-corrected chi connectivity index (χ1v) is 8.51. The zero-order valence-corrected chi connectivity index (χ0v) is 14.2. The summed E-state index contributed by atoms with van der Waals surface area (Å²) < 4.78 is 25.9. The van der Waals surface area contributed by atoms with E-state index in [1.165, 1.54) is 12.1 Å². The van der Waals surface area contributed by atoms with E-state index >= 15 is 0 Å². The van der Waals surface area contributed by atoms with Crippen molar-refractivity contribution in [1.29, 1.82) is 0 Å². The molecule has 0 spiro atoms. The number of hydrogen-bond acceptors (Lipinski definition) is 5. The molecule has 4 rings (SSSR count). The van der Waals surface area contributed by atoms with Gasteiger partial charge in [-0.25, -0.2) is 9.38 Å². The standard InChI is InChI=1S/C20H19FN2O3/c21-17-7-6-15(22)8-16(17)20-12-25-10-14(20)11-26-19(23-20)9-18(24)13-4-2-1-3-5-13/h1-8,14H,9-12,22H2. The Hall–Kier alpha value is -2.73. The SMILES string of the molecule is Nc1ccc(F)c(C23COCC2COC(CC(=O)c2ccccc2)=N3)c1. The van der Waals surface area contributed by atoms with Crippen molar-refractivity contribution >= 4 is 17.4 Å². The number of anilines is 1. The molecule has 5 nitrogen and oxygen atoms in total. The molecule has 0 saturated carbocycles. The van der Waals surface area contributed by atoms with E-state index < -0.39 is 5.54 Å². The maximum Gasteiger partial charge on any atom is 0.192 e. The lowest BCUT2D eigenvalue weighted by Gasteiger charge is -2.35. The molecule has 2 aliphatic rings. The summed E-state index contributed by atoms with van der Waals surface area (Å²) in [4.78, 5) is 17.1. The minimum Gasteiger partial charge on any atom is -0.480 e. The van der Waals surface area contributed by atoms with Crippen LogP contribution in [0.5, 0.6) is 0 Å². The minimum atomic E-state index is -0.899. The summed E-state index contributed by atoms with van der Waals surface area (Å²) in [5.74, 6) is -0.282. The lowest BCUT2D eigenvalue weighted by Crippen LogP contribution is -2.42. The number of carbonyl (C=O) groups is 1. The summed E-state index contributed by atoms with van der Waals surface area (Å²) >= 11 is 0. The van der Waals surface area contributed by atoms with Gasteiger partial charge >= 0.3 is 0 Å². The Morgan fingerprint density at radius 2 is 2.04 bits per heavy atom. The van der Waals surface area contributed by atoms with Crippen LogP contribution in [-0.4, -0.2) is 31.5 Å². The average molecular weight is 354 g/mol. The molecule has 1 saturated heterocycles. The van der Waals surface area contributed by atoms with Crippen molar-refractivity contribution < 1.29 is 18.7 Å². The summed E-state index contributed by atoms with van der Waals surface area (Å²) in [7, 11) is 0. The fourth-order valence-corrected chi connectivity index (χ4v) is 3.56. The van der Waals surface area contributed by atoms with Crippen LogP contribution < -0.4 is 5.73 Å². The highest BCUT2D eigenvalue weighted by Gasteiger charge is 2.50. The molecule has 0 radical (unpaired) electrons. The number of rotatable bonds is 4. The summed E-state index contributed by atoms with van der Waals surface area (Å²) in [6.07, 6.45) is 0.0302. The molecule has 0 aromatic heterocycles. The topological polar surface area (TPSA) is 73.9 Å². The van der Waals surface area contributed by atoms with Crippen molar-refractivity contribution in [2.75, 3.05) is 25.6 Å². The van der Waals surface area contributed by atoms with Gasteiger partial charge in [0, 0.05) is 22.7 Å². The Labute approximate surface area is 150 Å². The minimum absolute atomic E-state index is 0.0302. The van der Waals surface area contributed by atoms with E-state index in [4.69, 9.17) is 15.2 Å². The van der Waals surface area contributed by atoms with Crippen LogP contribution in [0.15, 0.2) is 53.5 Å². The molecule has 26 heavy (non-hydrogen) atoms. The highest BCUT2D eigenvalue weighted by atomic mass is 19.1. The Kier molecular flexibility index (Phi) is 4.20. The zero-order valence-electron chi connectivity index (χ0n) is 14.2. The van der Waals surface area contributed by atoms with Crippen LogP contribution in [0.4, 0.5) is 10.1 Å². The smallest absolute Gasteiger partial charge is 0.192 e. The van der Waals surface area contributed by atoms with Gasteiger partial charge in [0.2, 0.25) is 0 Å². The predicted molar refractivity (Wildman–Crippen MR) is 95.6 cm³/mol. The summed E-state index contributed by atoms with van der Waals surface area (Å²) in [5, 5.41) is 0. The monoisotopic (exact) mass is 354 g/mol. The number of carbonyl (C=O) groups excluding carboxylic acids is 1. The van der Waals surface area contributed by atoms with Gasteiger partial charge in [-0.3, -0.25) is 4.79 Å². The third kappa shape index (κ3) is 2.86. The van der Waals surface area contributed by atoms with E-state index in [0.29, 0.717) is 35.9 Å². The number of hydrogen-bond donors (Lipinski definition) is 1. The number of ketones is 1. The Morgan fingerprint density at radius 3 is 2.85 bits per heavy atom. The van der Waals surface area contributed by atoms with Crippen molar-refractivity contribution in [3.8, 4) is 0 Å². The van der Waals surface area contributed by atoms with Crippen molar-refractivity contribution in [2.24, 2.45) is 10.9 Å². The average Bonchev–Trinajstić information content (AvgIpc) is 3.08. The third-order valence-electron chi connectivity index (χ3n) is 4.96. The van der Waals surface area contributed by atoms with E-state index in [1.54, 1.807) is 30.3 Å². The van der Waals surface area contributed by atoms with Crippen LogP contribution in [0.2, 0.25) is 0 Å². The first kappa shape index (κ1) is 16.7. The van der Waals surface area contributed by atoms with Gasteiger partial charge in [0.05, 0.1) is 26.2 Å². The normalized spacial score (nSPS) is 24.5. The van der Waals surface area contributed by atoms with Crippen LogP contribution in [-0.2, 0) is 15.0 Å². The van der Waals surface area contributed by atoms with Crippen molar-refractivity contribution in [3.63, 3.8) is 0 Å². The molecular weight excluding hydrogens is 335 g/mol. The van der Waals surface area contributed by atoms with Gasteiger partial charge in [0.1, 0.15) is 11.4 Å². The number of Topliss-reactive ketones (excluding diaryl/α,β-unsaturated/α-hetero) is 1. The van der Waals surface area contributed by atoms with Crippen LogP contribution in [0.25, 0.3) is 0 Å². The molecule has 2 atom stereocenters. The van der Waals surface area contributed by atoms with Crippen LogP contribution in [0.3, 0.4) is 0 Å². The maximum absolute atomic E-state index is 14.6. The van der Waals surface area contributed by atoms with Crippen molar-refractivity contribution in [3.05, 3.63) is 65.5 Å². The van der Waals surface area contributed by atoms with Gasteiger partial charge in [-0.05, 0) is 18.2 Å². The molecular formula is C20H19FN2O3. The second kappa shape index (κ2) is 6.53. The van der Waals surface area contributed by atoms with E-state index in [9.17, 15) is 9.18 Å². The van der Waals surface area contributed by atoms with Gasteiger partial charge in [-0.1, -0.05) is 30.3 Å². The fraction of sp³-hybridized carbons (Fsp3) is 0.300. The largest absolute Gasteiger partial charge is 0.480 e. The quantitative estimate of drug-likeness (QED) is 0.677. The number of benzene rings is 2. The number of aliphatic imine (C=N–C) groups is 1. The second-order valence-electron chi connectivity index (χ2n) is 6.66. The lowest BCUT2D eigenvalue weighted by atomic mass is 9.80. The molecule has 0 bridgehead atoms. The number of fused-ring (bicyclic) bond motifs is 1. The molecule has 1 fully saturated rings. The fourth-order valence-electron chi connectivity index (χ4n) is 3.56. The van der Waals surface area contributed by atoms with Crippen molar-refractivity contribution in [2.45, 2.75) is 12.0 Å². The van der Waals surface area contributed by atoms with E-state index in [1.807, 2.05) is 6.07 Å².